The van der Waals surface area contributed by atoms with Crippen LogP contribution in [0.25, 0.3) is 10.2 Å². The number of hydrogen-bond donors (Lipinski definition) is 2. The molecular weight excluding hydrogens is 360 g/mol. The molecule has 3 rings (SSSR count). The van der Waals surface area contributed by atoms with Crippen molar-refractivity contribution in [2.75, 3.05) is 0 Å². The van der Waals surface area contributed by atoms with Gasteiger partial charge in [0.2, 0.25) is 5.91 Å². The summed E-state index contributed by atoms with van der Waals surface area (Å²) in [7, 11) is 0. The van der Waals surface area contributed by atoms with Gasteiger partial charge in [-0.2, -0.15) is 0 Å². The highest BCUT2D eigenvalue weighted by molar-refractivity contribution is 8.00. The summed E-state index contributed by atoms with van der Waals surface area (Å²) in [6.07, 6.45) is 4.18. The smallest absolute Gasteiger partial charge is 0.318 e. The first kappa shape index (κ1) is 17.9. The van der Waals surface area contributed by atoms with Gasteiger partial charge in [-0.3, -0.25) is 19.5 Å². The van der Waals surface area contributed by atoms with Crippen molar-refractivity contribution in [2.45, 2.75) is 56.5 Å². The summed E-state index contributed by atoms with van der Waals surface area (Å²) in [4.78, 5) is 42.4. The van der Waals surface area contributed by atoms with Gasteiger partial charge in [-0.15, -0.1) is 11.3 Å². The number of nitrogens with zero attached hydrogens (tertiary/aromatic N) is 2. The van der Waals surface area contributed by atoms with Crippen LogP contribution in [0.4, 0.5) is 4.79 Å². The van der Waals surface area contributed by atoms with Crippen LogP contribution in [-0.2, 0) is 24.2 Å². The molecule has 1 atom stereocenters. The first-order valence-corrected chi connectivity index (χ1v) is 9.94. The highest BCUT2D eigenvalue weighted by atomic mass is 32.2. The summed E-state index contributed by atoms with van der Waals surface area (Å²) in [5.74, 6) is -0.500. The first-order valence-electron chi connectivity index (χ1n) is 8.24. The van der Waals surface area contributed by atoms with E-state index >= 15 is 0 Å². The van der Waals surface area contributed by atoms with E-state index in [1.807, 2.05) is 6.92 Å². The van der Waals surface area contributed by atoms with Crippen molar-refractivity contribution in [1.82, 2.24) is 14.9 Å². The molecule has 2 heterocycles. The van der Waals surface area contributed by atoms with Crippen LogP contribution >= 0.6 is 23.1 Å². The molecule has 3 N–H and O–H groups in total. The fourth-order valence-corrected chi connectivity index (χ4v) is 5.30. The van der Waals surface area contributed by atoms with Crippen molar-refractivity contribution in [2.24, 2.45) is 5.73 Å². The van der Waals surface area contributed by atoms with E-state index in [0.29, 0.717) is 11.7 Å². The third-order valence-electron chi connectivity index (χ3n) is 4.25. The predicted octanol–water partition coefficient (Wildman–Crippen LogP) is 2.03. The Hall–Kier alpha value is -1.87. The van der Waals surface area contributed by atoms with Crippen LogP contribution in [0.5, 0.6) is 0 Å². The zero-order chi connectivity index (χ0) is 18.1. The molecule has 2 aromatic heterocycles. The number of primary amides is 1. The van der Waals surface area contributed by atoms with Gasteiger partial charge >= 0.3 is 6.03 Å². The van der Waals surface area contributed by atoms with Crippen LogP contribution in [0.1, 0.15) is 37.1 Å². The average Bonchev–Trinajstić information content (AvgIpc) is 2.92. The Bertz CT molecular complexity index is 903. The maximum atomic E-state index is 13.0. The lowest BCUT2D eigenvalue weighted by Crippen LogP contribution is -2.39. The average molecular weight is 380 g/mol. The molecule has 25 heavy (non-hydrogen) atoms. The second-order valence-corrected chi connectivity index (χ2v) is 8.34. The van der Waals surface area contributed by atoms with Gasteiger partial charge in [-0.25, -0.2) is 9.78 Å². The van der Waals surface area contributed by atoms with E-state index < -0.39 is 17.2 Å². The molecule has 1 aliphatic rings. The third kappa shape index (κ3) is 3.43. The Kier molecular flexibility index (Phi) is 5.14. The summed E-state index contributed by atoms with van der Waals surface area (Å²) >= 11 is 2.74. The molecule has 2 aromatic rings. The van der Waals surface area contributed by atoms with E-state index in [4.69, 9.17) is 5.73 Å². The van der Waals surface area contributed by atoms with E-state index in [0.717, 1.165) is 53.2 Å². The molecule has 9 heteroatoms. The number of nitrogens with two attached hydrogens (primary N) is 1. The number of thioether (sulfide) groups is 1. The monoisotopic (exact) mass is 380 g/mol. The van der Waals surface area contributed by atoms with Crippen molar-refractivity contribution in [3.63, 3.8) is 0 Å². The molecule has 0 fully saturated rings. The lowest BCUT2D eigenvalue weighted by Gasteiger charge is -2.14. The quantitative estimate of drug-likeness (QED) is 0.623. The molecule has 0 spiro atoms. The maximum absolute atomic E-state index is 13.0. The van der Waals surface area contributed by atoms with Gasteiger partial charge in [-0.1, -0.05) is 11.8 Å². The second kappa shape index (κ2) is 7.17. The van der Waals surface area contributed by atoms with Crippen molar-refractivity contribution >= 4 is 45.3 Å². The molecule has 3 amide bonds. The molecule has 0 radical (unpaired) electrons. The summed E-state index contributed by atoms with van der Waals surface area (Å²) < 4.78 is 1.60. The largest absolute Gasteiger partial charge is 0.351 e. The van der Waals surface area contributed by atoms with Crippen LogP contribution in [0.3, 0.4) is 0 Å². The zero-order valence-electron chi connectivity index (χ0n) is 14.1. The van der Waals surface area contributed by atoms with E-state index in [1.54, 1.807) is 22.8 Å². The van der Waals surface area contributed by atoms with Crippen LogP contribution in [0, 0.1) is 0 Å². The molecule has 7 nitrogen and oxygen atoms in total. The SMILES string of the molecule is CCn1c(SC(C)C(=O)NC(N)=O)nc2sc3c(c2c1=O)CCCC3. The Morgan fingerprint density at radius 3 is 2.80 bits per heavy atom. The molecular formula is C16H20N4O3S2. The number of thiophene rings is 1. The summed E-state index contributed by atoms with van der Waals surface area (Å²) in [6, 6.07) is -0.889. The number of carbonyl (C=O) groups excluding carboxylic acids is 2. The van der Waals surface area contributed by atoms with E-state index in [2.05, 4.69) is 10.3 Å². The molecule has 0 saturated heterocycles. The second-order valence-electron chi connectivity index (χ2n) is 5.95. The Balaban J connectivity index is 2.02. The normalized spacial score (nSPS) is 15.0. The molecule has 134 valence electrons. The lowest BCUT2D eigenvalue weighted by atomic mass is 9.97. The van der Waals surface area contributed by atoms with Gasteiger partial charge < -0.3 is 5.73 Å². The number of rotatable bonds is 4. The standard InChI is InChI=1S/C16H20N4O3S2/c1-3-20-14(22)11-9-6-4-5-7-10(9)25-13(11)19-16(20)24-8(2)12(21)18-15(17)23/h8H,3-7H2,1-2H3,(H3,17,18,21,23). The van der Waals surface area contributed by atoms with Crippen molar-refractivity contribution < 1.29 is 9.59 Å². The molecule has 1 aliphatic carbocycles. The van der Waals surface area contributed by atoms with E-state index in [-0.39, 0.29) is 5.56 Å². The minimum absolute atomic E-state index is 0.0445. The fraction of sp³-hybridized carbons (Fsp3) is 0.500. The van der Waals surface area contributed by atoms with Gasteiger partial charge in [0, 0.05) is 11.4 Å². The predicted molar refractivity (Wildman–Crippen MR) is 99.2 cm³/mol. The van der Waals surface area contributed by atoms with E-state index in [1.165, 1.54) is 4.88 Å². The Labute approximate surface area is 153 Å². The van der Waals surface area contributed by atoms with E-state index in [9.17, 15) is 14.4 Å². The molecule has 1 unspecified atom stereocenters. The fourth-order valence-electron chi connectivity index (χ4n) is 3.02. The minimum Gasteiger partial charge on any atom is -0.351 e. The number of amides is 3. The lowest BCUT2D eigenvalue weighted by molar-refractivity contribution is -0.119. The number of nitrogens with one attached hydrogen (secondary N) is 1. The zero-order valence-corrected chi connectivity index (χ0v) is 15.8. The van der Waals surface area contributed by atoms with Gasteiger partial charge in [0.1, 0.15) is 4.83 Å². The Morgan fingerprint density at radius 1 is 1.40 bits per heavy atom. The van der Waals surface area contributed by atoms with Crippen LogP contribution in [0.2, 0.25) is 0 Å². The molecule has 0 aliphatic heterocycles. The number of imide groups is 1. The van der Waals surface area contributed by atoms with Crippen molar-refractivity contribution in [3.8, 4) is 0 Å². The number of urea groups is 1. The maximum Gasteiger partial charge on any atom is 0.318 e. The third-order valence-corrected chi connectivity index (χ3v) is 6.53. The minimum atomic E-state index is -0.889. The number of aromatic nitrogens is 2. The summed E-state index contributed by atoms with van der Waals surface area (Å²) in [5, 5.41) is 2.69. The van der Waals surface area contributed by atoms with Gasteiger partial charge in [0.15, 0.2) is 5.16 Å². The number of fused-ring (bicyclic) bond motifs is 3. The molecule has 0 saturated carbocycles. The Morgan fingerprint density at radius 2 is 2.12 bits per heavy atom. The topological polar surface area (TPSA) is 107 Å². The van der Waals surface area contributed by atoms with Gasteiger partial charge in [0.25, 0.3) is 5.56 Å². The molecule has 0 bridgehead atoms. The highest BCUT2D eigenvalue weighted by Gasteiger charge is 2.24. The summed E-state index contributed by atoms with van der Waals surface area (Å²) in [5.41, 5.74) is 6.10. The number of aryl methyl sites for hydroxylation is 2. The van der Waals surface area contributed by atoms with Crippen molar-refractivity contribution in [1.29, 1.82) is 0 Å². The molecule has 0 aromatic carbocycles. The number of hydrogen-bond acceptors (Lipinski definition) is 6. The highest BCUT2D eigenvalue weighted by Crippen LogP contribution is 2.35. The van der Waals surface area contributed by atoms with Crippen LogP contribution in [-0.4, -0.2) is 26.7 Å². The van der Waals surface area contributed by atoms with Crippen LogP contribution in [0.15, 0.2) is 9.95 Å². The van der Waals surface area contributed by atoms with Crippen LogP contribution < -0.4 is 16.6 Å². The summed E-state index contributed by atoms with van der Waals surface area (Å²) in [6.45, 7) is 4.00. The van der Waals surface area contributed by atoms with Crippen molar-refractivity contribution in [3.05, 3.63) is 20.8 Å². The van der Waals surface area contributed by atoms with Gasteiger partial charge in [0.05, 0.1) is 10.6 Å². The first-order chi connectivity index (χ1) is 11.9. The van der Waals surface area contributed by atoms with Gasteiger partial charge in [-0.05, 0) is 45.1 Å². The number of carbonyl (C=O) groups is 2.